The Morgan fingerprint density at radius 3 is 2.30 bits per heavy atom. The van der Waals surface area contributed by atoms with Gasteiger partial charge in [-0.1, -0.05) is 54.4 Å². The SMILES string of the molecule is CCS(=O)(=O)c1cc(S(=O)(=O)NC(=O)c2ccc(NCCNCC3=C(c4ccc(Cl)cc4)CCCC3)cc2)ccc1O[C@H](CCN(C)C)CSc1ccccc1. The molecule has 0 aliphatic heterocycles. The molecule has 4 aromatic carbocycles. The van der Waals surface area contributed by atoms with Crippen LogP contribution in [0.1, 0.15) is 54.9 Å². The van der Waals surface area contributed by atoms with Crippen molar-refractivity contribution in [2.45, 2.75) is 59.8 Å². The molecule has 0 aromatic heterocycles. The van der Waals surface area contributed by atoms with Gasteiger partial charge in [0, 0.05) is 53.1 Å². The van der Waals surface area contributed by atoms with E-state index in [0.29, 0.717) is 25.3 Å². The number of hydrogen-bond acceptors (Lipinski definition) is 10. The highest BCUT2D eigenvalue weighted by molar-refractivity contribution is 7.99. The van der Waals surface area contributed by atoms with Gasteiger partial charge < -0.3 is 20.3 Å². The molecule has 0 unspecified atom stereocenters. The Bertz CT molecular complexity index is 2160. The predicted octanol–water partition coefficient (Wildman–Crippen LogP) is 7.77. The second-order valence-corrected chi connectivity index (χ2v) is 19.3. The van der Waals surface area contributed by atoms with Crippen LogP contribution in [-0.2, 0) is 19.9 Å². The predicted molar refractivity (Wildman–Crippen MR) is 228 cm³/mol. The lowest BCUT2D eigenvalue weighted by Crippen LogP contribution is -2.31. The van der Waals surface area contributed by atoms with Crippen molar-refractivity contribution in [2.75, 3.05) is 57.1 Å². The van der Waals surface area contributed by atoms with Gasteiger partial charge in [0.1, 0.15) is 16.7 Å². The van der Waals surface area contributed by atoms with Crippen molar-refractivity contribution in [3.8, 4) is 5.75 Å². The fraction of sp³-hybridized carbons (Fsp3) is 0.357. The number of sulfonamides is 1. The van der Waals surface area contributed by atoms with Crippen LogP contribution in [-0.4, -0.2) is 85.5 Å². The summed E-state index contributed by atoms with van der Waals surface area (Å²) in [5, 5.41) is 7.60. The number of sulfone groups is 1. The van der Waals surface area contributed by atoms with Crippen molar-refractivity contribution >= 4 is 60.4 Å². The molecule has 10 nitrogen and oxygen atoms in total. The molecule has 0 saturated carbocycles. The van der Waals surface area contributed by atoms with E-state index in [4.69, 9.17) is 16.3 Å². The number of halogens is 1. The first-order valence-corrected chi connectivity index (χ1v) is 23.3. The maximum Gasteiger partial charge on any atom is 0.264 e. The van der Waals surface area contributed by atoms with Crippen molar-refractivity contribution in [3.63, 3.8) is 0 Å². The molecule has 3 N–H and O–H groups in total. The monoisotopic (exact) mass is 838 g/mol. The van der Waals surface area contributed by atoms with Crippen molar-refractivity contribution in [1.82, 2.24) is 14.9 Å². The number of hydrogen-bond donors (Lipinski definition) is 3. The Kier molecular flexibility index (Phi) is 15.9. The highest BCUT2D eigenvalue weighted by atomic mass is 35.5. The fourth-order valence-electron chi connectivity index (χ4n) is 6.29. The minimum absolute atomic E-state index is 0.0709. The van der Waals surface area contributed by atoms with Crippen molar-refractivity contribution in [3.05, 3.63) is 119 Å². The maximum absolute atomic E-state index is 13.4. The van der Waals surface area contributed by atoms with Crippen molar-refractivity contribution in [2.24, 2.45) is 0 Å². The van der Waals surface area contributed by atoms with Crippen LogP contribution in [0.15, 0.2) is 117 Å². The minimum Gasteiger partial charge on any atom is -0.488 e. The number of nitrogens with one attached hydrogen (secondary N) is 3. The molecule has 14 heteroatoms. The summed E-state index contributed by atoms with van der Waals surface area (Å²) in [4.78, 5) is 15.6. The summed E-state index contributed by atoms with van der Waals surface area (Å²) in [6.45, 7) is 4.36. The van der Waals surface area contributed by atoms with Gasteiger partial charge >= 0.3 is 0 Å². The first kappa shape index (κ1) is 43.3. The van der Waals surface area contributed by atoms with Gasteiger partial charge in [0.15, 0.2) is 9.84 Å². The normalized spacial score (nSPS) is 14.1. The number of ether oxygens (including phenoxy) is 1. The van der Waals surface area contributed by atoms with Gasteiger partial charge in [-0.05, 0) is 124 Å². The van der Waals surface area contributed by atoms with E-state index >= 15 is 0 Å². The van der Waals surface area contributed by atoms with Crippen LogP contribution in [0.2, 0.25) is 5.02 Å². The molecule has 1 aliphatic carbocycles. The third kappa shape index (κ3) is 12.6. The molecule has 1 aliphatic rings. The first-order chi connectivity index (χ1) is 26.8. The molecule has 0 radical (unpaired) electrons. The summed E-state index contributed by atoms with van der Waals surface area (Å²) >= 11 is 7.69. The molecule has 0 bridgehead atoms. The van der Waals surface area contributed by atoms with Gasteiger partial charge in [-0.2, -0.15) is 0 Å². The van der Waals surface area contributed by atoms with E-state index in [2.05, 4.69) is 27.5 Å². The first-order valence-electron chi connectivity index (χ1n) is 18.8. The molecule has 0 saturated heterocycles. The molecule has 0 fully saturated rings. The largest absolute Gasteiger partial charge is 0.488 e. The van der Waals surface area contributed by atoms with Crippen LogP contribution in [0.3, 0.4) is 0 Å². The second-order valence-electron chi connectivity index (χ2n) is 13.9. The third-order valence-corrected chi connectivity index (χ3v) is 13.9. The lowest BCUT2D eigenvalue weighted by atomic mass is 9.87. The van der Waals surface area contributed by atoms with E-state index in [0.717, 1.165) is 47.6 Å². The third-order valence-electron chi connectivity index (χ3n) is 9.43. The van der Waals surface area contributed by atoms with Crippen LogP contribution < -0.4 is 20.1 Å². The van der Waals surface area contributed by atoms with Gasteiger partial charge in [-0.3, -0.25) is 4.79 Å². The molecule has 0 heterocycles. The lowest BCUT2D eigenvalue weighted by Gasteiger charge is -2.23. The van der Waals surface area contributed by atoms with Gasteiger partial charge in [0.05, 0.1) is 10.6 Å². The summed E-state index contributed by atoms with van der Waals surface area (Å²) in [6, 6.07) is 28.1. The Morgan fingerprint density at radius 1 is 0.893 bits per heavy atom. The van der Waals surface area contributed by atoms with Crippen LogP contribution in [0.5, 0.6) is 5.75 Å². The van der Waals surface area contributed by atoms with Crippen molar-refractivity contribution in [1.29, 1.82) is 0 Å². The number of nitrogens with zero attached hydrogens (tertiary/aromatic N) is 1. The second kappa shape index (κ2) is 20.5. The Balaban J connectivity index is 1.19. The highest BCUT2D eigenvalue weighted by Crippen LogP contribution is 2.33. The Hall–Kier alpha value is -3.85. The van der Waals surface area contributed by atoms with Crippen LogP contribution in [0.25, 0.3) is 5.57 Å². The topological polar surface area (TPSA) is 134 Å². The minimum atomic E-state index is -4.44. The summed E-state index contributed by atoms with van der Waals surface area (Å²) in [5.41, 5.74) is 4.97. The number of rotatable bonds is 20. The average Bonchev–Trinajstić information content (AvgIpc) is 3.19. The van der Waals surface area contributed by atoms with Gasteiger partial charge in [-0.15, -0.1) is 11.8 Å². The molecule has 1 amide bonds. The molecule has 1 atom stereocenters. The van der Waals surface area contributed by atoms with Gasteiger partial charge in [0.25, 0.3) is 15.9 Å². The molecule has 56 heavy (non-hydrogen) atoms. The van der Waals surface area contributed by atoms with Gasteiger partial charge in [-0.25, -0.2) is 21.6 Å². The summed E-state index contributed by atoms with van der Waals surface area (Å²) in [5.74, 6) is -0.477. The standard InChI is InChI=1S/C42H51ClN4O6S3/c1-4-55(49,50)41-28-38(22-23-40(41)53-36(24-27-47(2)3)30-54-37-11-6-5-7-12-37)56(51,52)46-42(48)32-16-20-35(21-17-32)45-26-25-44-29-33-10-8-9-13-39(33)31-14-18-34(43)19-15-31/h5-7,11-12,14-23,28,36,44-45H,4,8-10,13,24-27,29-30H2,1-3H3,(H,46,48)/t36-/m1/s1. The zero-order valence-electron chi connectivity index (χ0n) is 32.1. The molecule has 4 aromatic rings. The number of allylic oxidation sites excluding steroid dienone is 1. The smallest absolute Gasteiger partial charge is 0.264 e. The number of anilines is 1. The molecule has 300 valence electrons. The summed E-state index contributed by atoms with van der Waals surface area (Å²) in [6.07, 6.45) is 4.76. The summed E-state index contributed by atoms with van der Waals surface area (Å²) in [7, 11) is -4.46. The van der Waals surface area contributed by atoms with E-state index in [1.807, 2.05) is 61.5 Å². The Labute approximate surface area is 341 Å². The molecular formula is C42H51ClN4O6S3. The number of carbonyl (C=O) groups excluding carboxylic acids is 1. The zero-order chi connectivity index (χ0) is 40.1. The van der Waals surface area contributed by atoms with Crippen LogP contribution >= 0.6 is 23.4 Å². The maximum atomic E-state index is 13.4. The molecule has 0 spiro atoms. The molecule has 5 rings (SSSR count). The summed E-state index contributed by atoms with van der Waals surface area (Å²) < 4.78 is 61.8. The number of carbonyl (C=O) groups is 1. The van der Waals surface area contributed by atoms with Crippen molar-refractivity contribution < 1.29 is 26.4 Å². The number of amides is 1. The zero-order valence-corrected chi connectivity index (χ0v) is 35.3. The van der Waals surface area contributed by atoms with Gasteiger partial charge in [0.2, 0.25) is 0 Å². The van der Waals surface area contributed by atoms with Crippen LogP contribution in [0.4, 0.5) is 5.69 Å². The number of benzene rings is 4. The van der Waals surface area contributed by atoms with E-state index in [1.165, 1.54) is 60.7 Å². The van der Waals surface area contributed by atoms with E-state index < -0.39 is 25.8 Å². The van der Waals surface area contributed by atoms with E-state index in [-0.39, 0.29) is 33.0 Å². The number of thioether (sulfide) groups is 1. The van der Waals surface area contributed by atoms with E-state index in [1.54, 1.807) is 23.9 Å². The average molecular weight is 840 g/mol. The highest BCUT2D eigenvalue weighted by Gasteiger charge is 2.26. The fourth-order valence-corrected chi connectivity index (χ4v) is 9.50. The molecular weight excluding hydrogens is 788 g/mol. The van der Waals surface area contributed by atoms with E-state index in [9.17, 15) is 21.6 Å². The Morgan fingerprint density at radius 2 is 1.61 bits per heavy atom. The lowest BCUT2D eigenvalue weighted by molar-refractivity contribution is 0.0981. The quantitative estimate of drug-likeness (QED) is 0.0599. The van der Waals surface area contributed by atoms with Crippen LogP contribution in [0, 0.1) is 0 Å².